The van der Waals surface area contributed by atoms with E-state index in [2.05, 4.69) is 5.16 Å². The van der Waals surface area contributed by atoms with Gasteiger partial charge in [0.25, 0.3) is 0 Å². The van der Waals surface area contributed by atoms with Crippen molar-refractivity contribution in [2.24, 2.45) is 0 Å². The van der Waals surface area contributed by atoms with E-state index in [4.69, 9.17) is 14.5 Å². The predicted molar refractivity (Wildman–Crippen MR) is 50.6 cm³/mol. The summed E-state index contributed by atoms with van der Waals surface area (Å²) in [4.78, 5) is 10.8. The number of carbonyl (C=O) groups is 1. The van der Waals surface area contributed by atoms with E-state index in [1.807, 2.05) is 13.0 Å². The predicted octanol–water partition coefficient (Wildman–Crippen LogP) is 1.75. The topological polar surface area (TPSA) is 76.1 Å². The van der Waals surface area contributed by atoms with Crippen LogP contribution in [0, 0.1) is 11.3 Å². The Hall–Kier alpha value is -1.83. The number of esters is 1. The third kappa shape index (κ3) is 3.09. The van der Waals surface area contributed by atoms with Crippen molar-refractivity contribution < 1.29 is 14.1 Å². The van der Waals surface area contributed by atoms with Gasteiger partial charge in [0.1, 0.15) is 0 Å². The summed E-state index contributed by atoms with van der Waals surface area (Å²) < 4.78 is 10.0. The van der Waals surface area contributed by atoms with Crippen molar-refractivity contribution in [3.8, 4) is 6.07 Å². The van der Waals surface area contributed by atoms with E-state index in [9.17, 15) is 4.79 Å². The monoisotopic (exact) mass is 208 g/mol. The Kier molecular flexibility index (Phi) is 3.86. The van der Waals surface area contributed by atoms with Crippen LogP contribution in [0.1, 0.15) is 37.8 Å². The van der Waals surface area contributed by atoms with Crippen molar-refractivity contribution in [1.82, 2.24) is 5.16 Å². The van der Waals surface area contributed by atoms with Crippen LogP contribution in [0.2, 0.25) is 0 Å². The Bertz CT molecular complexity index is 378. The number of ether oxygens (including phenoxy) is 1. The molecule has 0 radical (unpaired) electrons. The third-order valence-electron chi connectivity index (χ3n) is 1.83. The van der Waals surface area contributed by atoms with Gasteiger partial charge in [0, 0.05) is 13.0 Å². The number of hydrogen-bond donors (Lipinski definition) is 0. The second-order valence-electron chi connectivity index (χ2n) is 3.06. The number of nitriles is 1. The lowest BCUT2D eigenvalue weighted by Gasteiger charge is -2.10. The van der Waals surface area contributed by atoms with Crippen LogP contribution in [0.15, 0.2) is 10.6 Å². The molecular weight excluding hydrogens is 196 g/mol. The minimum Gasteiger partial charge on any atom is -0.454 e. The molecule has 1 heterocycles. The zero-order valence-corrected chi connectivity index (χ0v) is 8.69. The Morgan fingerprint density at radius 1 is 1.80 bits per heavy atom. The normalized spacial score (nSPS) is 11.8. The summed E-state index contributed by atoms with van der Waals surface area (Å²) in [6.07, 6.45) is 0.392. The summed E-state index contributed by atoms with van der Waals surface area (Å²) in [5, 5.41) is 12.1. The first-order valence-corrected chi connectivity index (χ1v) is 4.67. The minimum atomic E-state index is -0.414. The molecule has 0 aliphatic carbocycles. The smallest absolute Gasteiger partial charge is 0.303 e. The van der Waals surface area contributed by atoms with Gasteiger partial charge in [0.2, 0.25) is 0 Å². The average molecular weight is 208 g/mol. The fraction of sp³-hybridized carbons (Fsp3) is 0.500. The molecule has 0 aliphatic heterocycles. The van der Waals surface area contributed by atoms with Crippen molar-refractivity contribution in [2.45, 2.75) is 32.8 Å². The van der Waals surface area contributed by atoms with Crippen molar-refractivity contribution in [3.63, 3.8) is 0 Å². The molecule has 1 atom stereocenters. The Morgan fingerprint density at radius 3 is 3.07 bits per heavy atom. The molecular formula is C10H12N2O3. The fourth-order valence-electron chi connectivity index (χ4n) is 1.19. The van der Waals surface area contributed by atoms with Gasteiger partial charge in [-0.25, -0.2) is 0 Å². The molecule has 80 valence electrons. The molecule has 0 N–H and O–H groups in total. The van der Waals surface area contributed by atoms with Gasteiger partial charge in [0.15, 0.2) is 11.9 Å². The number of nitrogens with zero attached hydrogens (tertiary/aromatic N) is 2. The van der Waals surface area contributed by atoms with Gasteiger partial charge < -0.3 is 9.26 Å². The van der Waals surface area contributed by atoms with E-state index < -0.39 is 6.10 Å². The number of aromatic nitrogens is 1. The summed E-state index contributed by atoms with van der Waals surface area (Å²) in [5.41, 5.74) is 0.554. The van der Waals surface area contributed by atoms with Gasteiger partial charge in [-0.3, -0.25) is 4.79 Å². The molecule has 5 nitrogen and oxygen atoms in total. The Balaban J connectivity index is 2.74. The Labute approximate surface area is 87.6 Å². The van der Waals surface area contributed by atoms with E-state index >= 15 is 0 Å². The average Bonchev–Trinajstić information content (AvgIpc) is 2.63. The Morgan fingerprint density at radius 2 is 2.53 bits per heavy atom. The lowest BCUT2D eigenvalue weighted by molar-refractivity contribution is -0.147. The molecule has 0 saturated heterocycles. The summed E-state index contributed by atoms with van der Waals surface area (Å²) in [7, 11) is 0. The van der Waals surface area contributed by atoms with Gasteiger partial charge in [-0.05, 0) is 6.42 Å². The highest BCUT2D eigenvalue weighted by Crippen LogP contribution is 2.21. The second kappa shape index (κ2) is 5.15. The van der Waals surface area contributed by atoms with Crippen molar-refractivity contribution in [1.29, 1.82) is 5.26 Å². The molecule has 0 saturated carbocycles. The van der Waals surface area contributed by atoms with Crippen LogP contribution in [0.3, 0.4) is 0 Å². The highest BCUT2D eigenvalue weighted by molar-refractivity contribution is 5.66. The molecule has 1 unspecified atom stereocenters. The maximum absolute atomic E-state index is 10.8. The van der Waals surface area contributed by atoms with Crippen LogP contribution in [0.5, 0.6) is 0 Å². The summed E-state index contributed by atoms with van der Waals surface area (Å²) in [6.45, 7) is 3.22. The van der Waals surface area contributed by atoms with E-state index in [-0.39, 0.29) is 12.4 Å². The van der Waals surface area contributed by atoms with E-state index in [0.29, 0.717) is 17.9 Å². The first kappa shape index (κ1) is 11.2. The lowest BCUT2D eigenvalue weighted by atomic mass is 10.2. The quantitative estimate of drug-likeness (QED) is 0.704. The van der Waals surface area contributed by atoms with Crippen LogP contribution in [0.25, 0.3) is 0 Å². The molecule has 15 heavy (non-hydrogen) atoms. The minimum absolute atomic E-state index is 0.194. The van der Waals surface area contributed by atoms with E-state index in [1.54, 1.807) is 6.07 Å². The molecule has 0 aromatic carbocycles. The molecule has 0 spiro atoms. The van der Waals surface area contributed by atoms with Crippen molar-refractivity contribution in [2.75, 3.05) is 0 Å². The second-order valence-corrected chi connectivity index (χ2v) is 3.06. The van der Waals surface area contributed by atoms with Gasteiger partial charge >= 0.3 is 5.97 Å². The number of hydrogen-bond acceptors (Lipinski definition) is 5. The first-order chi connectivity index (χ1) is 7.17. The summed E-state index contributed by atoms with van der Waals surface area (Å²) in [6, 6.07) is 3.60. The molecule has 1 aromatic rings. The summed E-state index contributed by atoms with van der Waals surface area (Å²) >= 11 is 0. The highest BCUT2D eigenvalue weighted by atomic mass is 16.6. The molecule has 0 amide bonds. The maximum atomic E-state index is 10.8. The highest BCUT2D eigenvalue weighted by Gasteiger charge is 2.17. The van der Waals surface area contributed by atoms with Gasteiger partial charge in [0.05, 0.1) is 18.2 Å². The van der Waals surface area contributed by atoms with E-state index in [1.165, 1.54) is 6.92 Å². The van der Waals surface area contributed by atoms with Crippen LogP contribution in [-0.4, -0.2) is 11.1 Å². The van der Waals surface area contributed by atoms with Crippen molar-refractivity contribution in [3.05, 3.63) is 17.5 Å². The third-order valence-corrected chi connectivity index (χ3v) is 1.83. The zero-order valence-electron chi connectivity index (χ0n) is 8.69. The van der Waals surface area contributed by atoms with Crippen molar-refractivity contribution >= 4 is 5.97 Å². The SMILES string of the molecule is CCC(OC(C)=O)c1cc(CC#N)no1. The largest absolute Gasteiger partial charge is 0.454 e. The van der Waals surface area contributed by atoms with Gasteiger partial charge in [-0.1, -0.05) is 12.1 Å². The van der Waals surface area contributed by atoms with Crippen LogP contribution in [0.4, 0.5) is 0 Å². The molecule has 1 aromatic heterocycles. The number of rotatable bonds is 4. The molecule has 0 bridgehead atoms. The van der Waals surface area contributed by atoms with E-state index in [0.717, 1.165) is 0 Å². The van der Waals surface area contributed by atoms with Gasteiger partial charge in [-0.2, -0.15) is 5.26 Å². The van der Waals surface area contributed by atoms with Crippen LogP contribution >= 0.6 is 0 Å². The van der Waals surface area contributed by atoms with Crippen LogP contribution < -0.4 is 0 Å². The first-order valence-electron chi connectivity index (χ1n) is 4.67. The number of carbonyl (C=O) groups excluding carboxylic acids is 1. The lowest BCUT2D eigenvalue weighted by Crippen LogP contribution is -2.06. The zero-order chi connectivity index (χ0) is 11.3. The standard InChI is InChI=1S/C10H12N2O3/c1-3-9(14-7(2)13)10-6-8(4-5-11)12-15-10/h6,9H,3-4H2,1-2H3. The molecule has 1 rings (SSSR count). The molecule has 5 heteroatoms. The summed E-state index contributed by atoms with van der Waals surface area (Å²) in [5.74, 6) is 0.123. The maximum Gasteiger partial charge on any atom is 0.303 e. The van der Waals surface area contributed by atoms with Crippen LogP contribution in [-0.2, 0) is 16.0 Å². The molecule has 0 aliphatic rings. The molecule has 0 fully saturated rings. The van der Waals surface area contributed by atoms with Gasteiger partial charge in [-0.15, -0.1) is 0 Å². The fourth-order valence-corrected chi connectivity index (χ4v) is 1.19.